The van der Waals surface area contributed by atoms with Gasteiger partial charge in [0.15, 0.2) is 0 Å². The van der Waals surface area contributed by atoms with Gasteiger partial charge < -0.3 is 0 Å². The molecule has 1 heterocycles. The second kappa shape index (κ2) is 3.47. The van der Waals surface area contributed by atoms with E-state index in [0.29, 0.717) is 0 Å². The average molecular weight is 207 g/mol. The molecule has 0 spiro atoms. The molecule has 3 nitrogen and oxygen atoms in total. The molecule has 1 fully saturated rings. The van der Waals surface area contributed by atoms with Gasteiger partial charge in [0, 0.05) is 18.2 Å². The van der Waals surface area contributed by atoms with Crippen molar-refractivity contribution >= 4 is 11.8 Å². The summed E-state index contributed by atoms with van der Waals surface area (Å²) in [5.41, 5.74) is 0.0651. The third-order valence-electron chi connectivity index (χ3n) is 3.61. The van der Waals surface area contributed by atoms with Crippen LogP contribution in [0.1, 0.15) is 39.5 Å². The summed E-state index contributed by atoms with van der Waals surface area (Å²) < 4.78 is 0. The molecule has 0 bridgehead atoms. The van der Waals surface area contributed by atoms with E-state index in [1.54, 1.807) is 0 Å². The number of imide groups is 1. The Morgan fingerprint density at radius 3 is 2.33 bits per heavy atom. The van der Waals surface area contributed by atoms with Crippen LogP contribution in [0.4, 0.5) is 0 Å². The number of amides is 2. The number of hydrogen-bond acceptors (Lipinski definition) is 2. The molecule has 1 atom stereocenters. The van der Waals surface area contributed by atoms with Gasteiger partial charge >= 0.3 is 0 Å². The van der Waals surface area contributed by atoms with E-state index < -0.39 is 0 Å². The maximum atomic E-state index is 11.6. The lowest BCUT2D eigenvalue weighted by Gasteiger charge is -2.42. The summed E-state index contributed by atoms with van der Waals surface area (Å²) in [6.07, 6.45) is 7.12. The van der Waals surface area contributed by atoms with Crippen molar-refractivity contribution in [3.63, 3.8) is 0 Å². The highest BCUT2D eigenvalue weighted by molar-refractivity contribution is 6.13. The van der Waals surface area contributed by atoms with Crippen molar-refractivity contribution in [3.05, 3.63) is 12.2 Å². The fourth-order valence-corrected chi connectivity index (χ4v) is 2.67. The third kappa shape index (κ3) is 1.71. The van der Waals surface area contributed by atoms with Gasteiger partial charge in [-0.3, -0.25) is 14.5 Å². The van der Waals surface area contributed by atoms with Gasteiger partial charge in [-0.05, 0) is 18.3 Å². The average Bonchev–Trinajstić information content (AvgIpc) is 2.47. The summed E-state index contributed by atoms with van der Waals surface area (Å²) >= 11 is 0. The first kappa shape index (κ1) is 10.4. The Hall–Kier alpha value is -1.12. The molecule has 2 rings (SSSR count). The first-order chi connectivity index (χ1) is 7.02. The van der Waals surface area contributed by atoms with E-state index in [2.05, 4.69) is 13.8 Å². The highest BCUT2D eigenvalue weighted by Gasteiger charge is 2.41. The molecule has 0 saturated heterocycles. The summed E-state index contributed by atoms with van der Waals surface area (Å²) in [5.74, 6) is -0.278. The summed E-state index contributed by atoms with van der Waals surface area (Å²) in [6.45, 7) is 4.30. The van der Waals surface area contributed by atoms with Gasteiger partial charge in [0.1, 0.15) is 0 Å². The van der Waals surface area contributed by atoms with E-state index in [0.717, 1.165) is 19.3 Å². The van der Waals surface area contributed by atoms with E-state index in [1.807, 2.05) is 0 Å². The molecule has 0 aromatic carbocycles. The summed E-state index contributed by atoms with van der Waals surface area (Å²) in [7, 11) is 0. The molecule has 1 unspecified atom stereocenters. The summed E-state index contributed by atoms with van der Waals surface area (Å²) in [5, 5.41) is 0. The van der Waals surface area contributed by atoms with E-state index >= 15 is 0 Å². The number of nitrogens with zero attached hydrogens (tertiary/aromatic N) is 1. The maximum Gasteiger partial charge on any atom is 0.253 e. The Balaban J connectivity index is 2.22. The van der Waals surface area contributed by atoms with Crippen molar-refractivity contribution in [2.24, 2.45) is 5.41 Å². The molecule has 82 valence electrons. The fourth-order valence-electron chi connectivity index (χ4n) is 2.67. The quantitative estimate of drug-likeness (QED) is 0.616. The molecule has 1 aliphatic carbocycles. The smallest absolute Gasteiger partial charge is 0.253 e. The molecule has 15 heavy (non-hydrogen) atoms. The van der Waals surface area contributed by atoms with Crippen molar-refractivity contribution in [2.75, 3.05) is 0 Å². The fraction of sp³-hybridized carbons (Fsp3) is 0.667. The van der Waals surface area contributed by atoms with Crippen LogP contribution in [0, 0.1) is 5.41 Å². The van der Waals surface area contributed by atoms with E-state index in [1.165, 1.54) is 23.5 Å². The largest absolute Gasteiger partial charge is 0.272 e. The number of rotatable bonds is 1. The molecule has 2 amide bonds. The van der Waals surface area contributed by atoms with Crippen LogP contribution in [-0.4, -0.2) is 22.8 Å². The standard InChI is InChI=1S/C12H17NO2/c1-12(2)8-4-3-5-9(12)13-10(14)6-7-11(13)15/h6-7,9H,3-5,8H2,1-2H3. The molecule has 0 aromatic rings. The SMILES string of the molecule is CC1(C)CCCCC1N1C(=O)C=CC1=O. The Kier molecular flexibility index (Phi) is 2.41. The van der Waals surface area contributed by atoms with Crippen LogP contribution in [0.2, 0.25) is 0 Å². The first-order valence-corrected chi connectivity index (χ1v) is 5.57. The minimum absolute atomic E-state index is 0.0651. The van der Waals surface area contributed by atoms with Gasteiger partial charge in [0.25, 0.3) is 11.8 Å². The lowest BCUT2D eigenvalue weighted by atomic mass is 9.72. The molecule has 1 saturated carbocycles. The van der Waals surface area contributed by atoms with Gasteiger partial charge in [-0.15, -0.1) is 0 Å². The topological polar surface area (TPSA) is 37.4 Å². The minimum atomic E-state index is -0.139. The molecule has 0 N–H and O–H groups in total. The Morgan fingerprint density at radius 2 is 1.80 bits per heavy atom. The lowest BCUT2D eigenvalue weighted by molar-refractivity contribution is -0.143. The van der Waals surface area contributed by atoms with E-state index in [-0.39, 0.29) is 23.3 Å². The summed E-state index contributed by atoms with van der Waals surface area (Å²) in [6, 6.07) is 0.0845. The van der Waals surface area contributed by atoms with Crippen LogP contribution in [0.3, 0.4) is 0 Å². The van der Waals surface area contributed by atoms with Crippen molar-refractivity contribution < 1.29 is 9.59 Å². The normalized spacial score (nSPS) is 30.0. The van der Waals surface area contributed by atoms with Crippen molar-refractivity contribution in [1.82, 2.24) is 4.90 Å². The number of carbonyl (C=O) groups excluding carboxylic acids is 2. The third-order valence-corrected chi connectivity index (χ3v) is 3.61. The Labute approximate surface area is 90.1 Å². The zero-order valence-electron chi connectivity index (χ0n) is 9.32. The molecule has 1 aliphatic heterocycles. The van der Waals surface area contributed by atoms with Gasteiger partial charge in [0.05, 0.1) is 0 Å². The molecule has 0 aromatic heterocycles. The van der Waals surface area contributed by atoms with Crippen LogP contribution < -0.4 is 0 Å². The predicted molar refractivity (Wildman–Crippen MR) is 57.0 cm³/mol. The molecular formula is C12H17NO2. The van der Waals surface area contributed by atoms with E-state index in [4.69, 9.17) is 0 Å². The van der Waals surface area contributed by atoms with Crippen LogP contribution in [0.15, 0.2) is 12.2 Å². The van der Waals surface area contributed by atoms with Gasteiger partial charge in [0.2, 0.25) is 0 Å². The molecule has 2 aliphatic rings. The lowest BCUT2D eigenvalue weighted by Crippen LogP contribution is -2.49. The van der Waals surface area contributed by atoms with Crippen LogP contribution in [0.5, 0.6) is 0 Å². The number of hydrogen-bond donors (Lipinski definition) is 0. The zero-order chi connectivity index (χ0) is 11.1. The van der Waals surface area contributed by atoms with Gasteiger partial charge in [-0.25, -0.2) is 0 Å². The second-order valence-electron chi connectivity index (χ2n) is 5.13. The summed E-state index contributed by atoms with van der Waals surface area (Å²) in [4.78, 5) is 24.6. The highest BCUT2D eigenvalue weighted by atomic mass is 16.2. The van der Waals surface area contributed by atoms with E-state index in [9.17, 15) is 9.59 Å². The first-order valence-electron chi connectivity index (χ1n) is 5.57. The minimum Gasteiger partial charge on any atom is -0.272 e. The van der Waals surface area contributed by atoms with Gasteiger partial charge in [-0.2, -0.15) is 0 Å². The molecule has 0 radical (unpaired) electrons. The van der Waals surface area contributed by atoms with Crippen molar-refractivity contribution in [1.29, 1.82) is 0 Å². The Bertz CT molecular complexity index is 313. The highest BCUT2D eigenvalue weighted by Crippen LogP contribution is 2.39. The van der Waals surface area contributed by atoms with Gasteiger partial charge in [-0.1, -0.05) is 26.7 Å². The van der Waals surface area contributed by atoms with Crippen LogP contribution in [-0.2, 0) is 9.59 Å². The predicted octanol–water partition coefficient (Wildman–Crippen LogP) is 1.88. The Morgan fingerprint density at radius 1 is 1.20 bits per heavy atom. The second-order valence-corrected chi connectivity index (χ2v) is 5.13. The van der Waals surface area contributed by atoms with Crippen LogP contribution in [0.25, 0.3) is 0 Å². The van der Waals surface area contributed by atoms with Crippen molar-refractivity contribution in [3.8, 4) is 0 Å². The number of carbonyl (C=O) groups is 2. The molecule has 3 heteroatoms. The molecular weight excluding hydrogens is 190 g/mol. The van der Waals surface area contributed by atoms with Crippen molar-refractivity contribution in [2.45, 2.75) is 45.6 Å². The zero-order valence-corrected chi connectivity index (χ0v) is 9.32. The maximum absolute atomic E-state index is 11.6. The monoisotopic (exact) mass is 207 g/mol. The van der Waals surface area contributed by atoms with Crippen LogP contribution >= 0.6 is 0 Å².